The largest absolute Gasteiger partial charge is 0.494 e. The number of ether oxygens (including phenoxy) is 4. The number of carbonyl (C=O) groups excluding carboxylic acids is 2. The summed E-state index contributed by atoms with van der Waals surface area (Å²) < 4.78 is 22.3. The number of carbonyl (C=O) groups is 2. The number of amides is 1. The highest BCUT2D eigenvalue weighted by molar-refractivity contribution is 6.35. The molecule has 1 N–H and O–H groups in total. The van der Waals surface area contributed by atoms with Gasteiger partial charge in [0.1, 0.15) is 22.2 Å². The molecular formula is C24H29Cl2N3O6. The van der Waals surface area contributed by atoms with Gasteiger partial charge in [-0.2, -0.15) is 10.2 Å². The summed E-state index contributed by atoms with van der Waals surface area (Å²) in [5, 5.41) is 11.2. The molecule has 190 valence electrons. The van der Waals surface area contributed by atoms with Gasteiger partial charge in [0.25, 0.3) is 5.91 Å². The molecule has 11 heteroatoms. The van der Waals surface area contributed by atoms with Gasteiger partial charge < -0.3 is 24.3 Å². The van der Waals surface area contributed by atoms with Crippen molar-refractivity contribution < 1.29 is 28.5 Å². The third-order valence-corrected chi connectivity index (χ3v) is 4.99. The maximum absolute atomic E-state index is 13.0. The number of nitrogens with zero attached hydrogens (tertiary/aromatic N) is 2. The fourth-order valence-corrected chi connectivity index (χ4v) is 3.41. The Morgan fingerprint density at radius 1 is 0.886 bits per heavy atom. The van der Waals surface area contributed by atoms with E-state index in [4.69, 9.17) is 42.1 Å². The van der Waals surface area contributed by atoms with Crippen molar-refractivity contribution in [1.29, 1.82) is 0 Å². The molecule has 0 saturated carbocycles. The van der Waals surface area contributed by atoms with Crippen LogP contribution in [0.1, 0.15) is 34.6 Å². The maximum Gasteiger partial charge on any atom is 0.258 e. The molecule has 1 atom stereocenters. The minimum atomic E-state index is -1.46. The van der Waals surface area contributed by atoms with Crippen LogP contribution in [0.25, 0.3) is 0 Å². The van der Waals surface area contributed by atoms with Crippen LogP contribution >= 0.6 is 23.2 Å². The van der Waals surface area contributed by atoms with Gasteiger partial charge >= 0.3 is 0 Å². The molecule has 0 spiro atoms. The number of benzene rings is 2. The van der Waals surface area contributed by atoms with Crippen LogP contribution in [-0.4, -0.2) is 44.2 Å². The van der Waals surface area contributed by atoms with Gasteiger partial charge in [0.05, 0.1) is 32.1 Å². The monoisotopic (exact) mass is 525 g/mol. The van der Waals surface area contributed by atoms with Crippen LogP contribution in [0, 0.1) is 0 Å². The number of halogens is 2. The molecule has 1 unspecified atom stereocenters. The molecule has 1 amide bonds. The summed E-state index contributed by atoms with van der Waals surface area (Å²) in [5.41, 5.74) is 0.431. The molecule has 0 saturated heterocycles. The summed E-state index contributed by atoms with van der Waals surface area (Å²) in [6, 6.07) is 4.80. The molecule has 35 heavy (non-hydrogen) atoms. The van der Waals surface area contributed by atoms with Crippen molar-refractivity contribution in [1.82, 2.24) is 0 Å². The predicted molar refractivity (Wildman–Crippen MR) is 135 cm³/mol. The van der Waals surface area contributed by atoms with Crippen LogP contribution in [0.4, 0.5) is 11.4 Å². The van der Waals surface area contributed by atoms with Gasteiger partial charge in [0.2, 0.25) is 6.04 Å². The molecule has 0 aliphatic rings. The summed E-state index contributed by atoms with van der Waals surface area (Å²) in [6.07, 6.45) is 0. The van der Waals surface area contributed by atoms with Crippen LogP contribution < -0.4 is 24.3 Å². The molecule has 0 aliphatic carbocycles. The number of hydrogen-bond acceptors (Lipinski definition) is 8. The smallest absolute Gasteiger partial charge is 0.258 e. The lowest BCUT2D eigenvalue weighted by atomic mass is 10.2. The summed E-state index contributed by atoms with van der Waals surface area (Å²) in [5.74, 6) is 0.199. The Bertz CT molecular complexity index is 1080. The highest BCUT2D eigenvalue weighted by atomic mass is 35.5. The molecule has 9 nitrogen and oxygen atoms in total. The average molecular weight is 526 g/mol. The van der Waals surface area contributed by atoms with Crippen LogP contribution in [0.15, 0.2) is 34.5 Å². The molecule has 0 aromatic heterocycles. The van der Waals surface area contributed by atoms with E-state index < -0.39 is 17.7 Å². The second-order valence-electron chi connectivity index (χ2n) is 6.99. The van der Waals surface area contributed by atoms with E-state index in [-0.39, 0.29) is 16.4 Å². The minimum Gasteiger partial charge on any atom is -0.494 e. The highest BCUT2D eigenvalue weighted by Gasteiger charge is 2.25. The zero-order chi connectivity index (χ0) is 26.0. The Balaban J connectivity index is 2.40. The first-order valence-electron chi connectivity index (χ1n) is 11.2. The number of rotatable bonds is 13. The van der Waals surface area contributed by atoms with Gasteiger partial charge in [-0.05, 0) is 40.7 Å². The van der Waals surface area contributed by atoms with Crippen LogP contribution in [0.2, 0.25) is 10.0 Å². The molecule has 2 aromatic rings. The molecular weight excluding hydrogens is 497 g/mol. The number of azo groups is 1. The molecule has 0 aliphatic heterocycles. The van der Waals surface area contributed by atoms with Crippen LogP contribution in [0.5, 0.6) is 23.0 Å². The molecule has 2 aromatic carbocycles. The van der Waals surface area contributed by atoms with Crippen LogP contribution in [-0.2, 0) is 9.59 Å². The van der Waals surface area contributed by atoms with Gasteiger partial charge in [-0.3, -0.25) is 9.59 Å². The quantitative estimate of drug-likeness (QED) is 0.244. The van der Waals surface area contributed by atoms with E-state index in [1.807, 2.05) is 13.8 Å². The van der Waals surface area contributed by atoms with Gasteiger partial charge in [0.15, 0.2) is 17.3 Å². The lowest BCUT2D eigenvalue weighted by molar-refractivity contribution is -0.126. The zero-order valence-corrected chi connectivity index (χ0v) is 21.8. The first-order chi connectivity index (χ1) is 16.7. The summed E-state index contributed by atoms with van der Waals surface area (Å²) in [7, 11) is 0. The number of nitrogens with one attached hydrogen (secondary N) is 1. The van der Waals surface area contributed by atoms with Crippen molar-refractivity contribution in [3.8, 4) is 23.0 Å². The third-order valence-electron chi connectivity index (χ3n) is 4.38. The first kappa shape index (κ1) is 28.2. The maximum atomic E-state index is 13.0. The van der Waals surface area contributed by atoms with Gasteiger partial charge in [0, 0.05) is 23.2 Å². The van der Waals surface area contributed by atoms with E-state index >= 15 is 0 Å². The second kappa shape index (κ2) is 13.7. The minimum absolute atomic E-state index is 0.165. The van der Waals surface area contributed by atoms with Crippen molar-refractivity contribution >= 4 is 46.3 Å². The fraction of sp³-hybridized carbons (Fsp3) is 0.417. The van der Waals surface area contributed by atoms with E-state index in [1.54, 1.807) is 32.0 Å². The molecule has 0 heterocycles. The van der Waals surface area contributed by atoms with E-state index in [0.29, 0.717) is 54.4 Å². The predicted octanol–water partition coefficient (Wildman–Crippen LogP) is 6.27. The number of ketones is 1. The Hall–Kier alpha value is -3.04. The summed E-state index contributed by atoms with van der Waals surface area (Å²) in [4.78, 5) is 25.3. The zero-order valence-electron chi connectivity index (χ0n) is 20.3. The summed E-state index contributed by atoms with van der Waals surface area (Å²) >= 11 is 12.6. The standard InChI is InChI=1S/C24H29Cl2N3O6/c1-6-32-16-12-17(21(26)19(13-16)33-7-2)27-24(31)22(14(5)30)29-28-18-10-15(25)11-20(34-8-3)23(18)35-9-4/h10-13,22H,6-9H2,1-5H3,(H,27,31). The number of anilines is 1. The van der Waals surface area contributed by atoms with Gasteiger partial charge in [-0.1, -0.05) is 23.2 Å². The van der Waals surface area contributed by atoms with Crippen molar-refractivity contribution in [3.63, 3.8) is 0 Å². The number of hydrogen-bond donors (Lipinski definition) is 1. The lowest BCUT2D eigenvalue weighted by Gasteiger charge is -2.16. The van der Waals surface area contributed by atoms with Crippen molar-refractivity contribution in [2.24, 2.45) is 10.2 Å². The van der Waals surface area contributed by atoms with E-state index in [9.17, 15) is 9.59 Å². The summed E-state index contributed by atoms with van der Waals surface area (Å²) in [6.45, 7) is 9.94. The normalized spacial score (nSPS) is 11.7. The SMILES string of the molecule is CCOc1cc(NC(=O)C(N=Nc2cc(Cl)cc(OCC)c2OCC)C(C)=O)c(Cl)c(OCC)c1. The van der Waals surface area contributed by atoms with Crippen molar-refractivity contribution in [2.45, 2.75) is 40.7 Å². The van der Waals surface area contributed by atoms with Crippen molar-refractivity contribution in [2.75, 3.05) is 31.7 Å². The number of Topliss-reactive ketones (excluding diaryl/α,β-unsaturated/α-hetero) is 1. The first-order valence-corrected chi connectivity index (χ1v) is 11.9. The second-order valence-corrected chi connectivity index (χ2v) is 7.80. The molecule has 2 rings (SSSR count). The molecule has 0 fully saturated rings. The topological polar surface area (TPSA) is 108 Å². The van der Waals surface area contributed by atoms with Gasteiger partial charge in [-0.25, -0.2) is 0 Å². The van der Waals surface area contributed by atoms with E-state index in [1.165, 1.54) is 13.0 Å². The third kappa shape index (κ3) is 7.73. The Morgan fingerprint density at radius 3 is 2.11 bits per heavy atom. The Kier molecular flexibility index (Phi) is 11.1. The fourth-order valence-electron chi connectivity index (χ4n) is 2.99. The van der Waals surface area contributed by atoms with Crippen LogP contribution in [0.3, 0.4) is 0 Å². The van der Waals surface area contributed by atoms with E-state index in [0.717, 1.165) is 0 Å². The molecule has 0 bridgehead atoms. The highest BCUT2D eigenvalue weighted by Crippen LogP contribution is 2.41. The molecule has 0 radical (unpaired) electrons. The van der Waals surface area contributed by atoms with E-state index in [2.05, 4.69) is 15.5 Å². The average Bonchev–Trinajstić information content (AvgIpc) is 2.79. The lowest BCUT2D eigenvalue weighted by Crippen LogP contribution is -2.32. The Labute approximate surface area is 214 Å². The van der Waals surface area contributed by atoms with Gasteiger partial charge in [-0.15, -0.1) is 0 Å². The Morgan fingerprint density at radius 2 is 1.51 bits per heavy atom. The van der Waals surface area contributed by atoms with Crippen molar-refractivity contribution in [3.05, 3.63) is 34.3 Å².